The quantitative estimate of drug-likeness (QED) is 0.873. The van der Waals surface area contributed by atoms with Crippen LogP contribution in [0.1, 0.15) is 12.0 Å². The van der Waals surface area contributed by atoms with Crippen molar-refractivity contribution in [2.75, 3.05) is 13.7 Å². The Morgan fingerprint density at radius 3 is 2.78 bits per heavy atom. The van der Waals surface area contributed by atoms with Gasteiger partial charge in [-0.2, -0.15) is 0 Å². The number of carbonyl (C=O) groups is 1. The van der Waals surface area contributed by atoms with Gasteiger partial charge in [-0.1, -0.05) is 35.8 Å². The number of rotatable bonds is 6. The maximum Gasteiger partial charge on any atom is 0.220 e. The molecule has 0 fully saturated rings. The summed E-state index contributed by atoms with van der Waals surface area (Å²) in [5.41, 5.74) is 0.987. The zero-order valence-corrected chi connectivity index (χ0v) is 11.6. The molecule has 0 radical (unpaired) electrons. The lowest BCUT2D eigenvalue weighted by molar-refractivity contribution is -0.120. The largest absolute Gasteiger partial charge is 0.495 e. The molecular weight excluding hydrogens is 273 g/mol. The van der Waals surface area contributed by atoms with Crippen molar-refractivity contribution in [1.29, 1.82) is 0 Å². The standard InChI is InChI=1S/C13H15Cl2NO2/c1-9(14)8-16-13(17)6-4-10-3-5-12(18-2)11(15)7-10/h3,5,7H,1,4,6,8H2,2H3,(H,16,17). The Morgan fingerprint density at radius 1 is 1.50 bits per heavy atom. The highest BCUT2D eigenvalue weighted by Gasteiger charge is 2.05. The number of methoxy groups -OCH3 is 1. The molecule has 1 rings (SSSR count). The number of carbonyl (C=O) groups excluding carboxylic acids is 1. The Hall–Kier alpha value is -1.19. The van der Waals surface area contributed by atoms with Gasteiger partial charge in [0.15, 0.2) is 0 Å². The molecular formula is C13H15Cl2NO2. The molecule has 0 aliphatic heterocycles. The predicted molar refractivity (Wildman–Crippen MR) is 74.3 cm³/mol. The van der Waals surface area contributed by atoms with Gasteiger partial charge in [0, 0.05) is 11.5 Å². The first kappa shape index (κ1) is 14.9. The highest BCUT2D eigenvalue weighted by atomic mass is 35.5. The van der Waals surface area contributed by atoms with Crippen LogP contribution in [-0.2, 0) is 11.2 Å². The van der Waals surface area contributed by atoms with E-state index in [1.165, 1.54) is 0 Å². The number of nitrogens with one attached hydrogen (secondary N) is 1. The zero-order valence-electron chi connectivity index (χ0n) is 10.1. The van der Waals surface area contributed by atoms with Crippen molar-refractivity contribution >= 4 is 29.1 Å². The fourth-order valence-corrected chi connectivity index (χ4v) is 1.75. The average Bonchev–Trinajstić information content (AvgIpc) is 2.34. The normalized spacial score (nSPS) is 9.94. The van der Waals surface area contributed by atoms with Crippen molar-refractivity contribution in [1.82, 2.24) is 5.32 Å². The van der Waals surface area contributed by atoms with Crippen LogP contribution < -0.4 is 10.1 Å². The van der Waals surface area contributed by atoms with Gasteiger partial charge in [-0.15, -0.1) is 0 Å². The van der Waals surface area contributed by atoms with Crippen molar-refractivity contribution in [3.05, 3.63) is 40.4 Å². The van der Waals surface area contributed by atoms with Crippen LogP contribution in [0, 0.1) is 0 Å². The number of benzene rings is 1. The maximum absolute atomic E-state index is 11.5. The monoisotopic (exact) mass is 287 g/mol. The molecule has 0 aliphatic carbocycles. The van der Waals surface area contributed by atoms with Crippen molar-refractivity contribution in [2.24, 2.45) is 0 Å². The second-order valence-corrected chi connectivity index (χ2v) is 4.70. The lowest BCUT2D eigenvalue weighted by Crippen LogP contribution is -2.24. The van der Waals surface area contributed by atoms with Crippen LogP contribution in [0.25, 0.3) is 0 Å². The molecule has 5 heteroatoms. The topological polar surface area (TPSA) is 38.3 Å². The first-order chi connectivity index (χ1) is 8.52. The SMILES string of the molecule is C=C(Cl)CNC(=O)CCc1ccc(OC)c(Cl)c1. The van der Waals surface area contributed by atoms with E-state index in [1.807, 2.05) is 6.07 Å². The summed E-state index contributed by atoms with van der Waals surface area (Å²) in [7, 11) is 1.56. The molecule has 98 valence electrons. The molecule has 1 amide bonds. The molecule has 18 heavy (non-hydrogen) atoms. The van der Waals surface area contributed by atoms with Gasteiger partial charge in [0.2, 0.25) is 5.91 Å². The summed E-state index contributed by atoms with van der Waals surface area (Å²) in [4.78, 5) is 11.5. The van der Waals surface area contributed by atoms with Gasteiger partial charge in [-0.05, 0) is 24.1 Å². The number of aryl methyl sites for hydroxylation is 1. The molecule has 0 heterocycles. The number of halogens is 2. The predicted octanol–water partition coefficient (Wildman–Crippen LogP) is 3.15. The van der Waals surface area contributed by atoms with Gasteiger partial charge in [-0.25, -0.2) is 0 Å². The van der Waals surface area contributed by atoms with E-state index in [0.29, 0.717) is 35.2 Å². The van der Waals surface area contributed by atoms with Crippen molar-refractivity contribution in [2.45, 2.75) is 12.8 Å². The fraction of sp³-hybridized carbons (Fsp3) is 0.308. The zero-order chi connectivity index (χ0) is 13.5. The minimum atomic E-state index is -0.0660. The van der Waals surface area contributed by atoms with E-state index < -0.39 is 0 Å². The lowest BCUT2D eigenvalue weighted by Gasteiger charge is -2.06. The van der Waals surface area contributed by atoms with Crippen molar-refractivity contribution in [3.63, 3.8) is 0 Å². The van der Waals surface area contributed by atoms with E-state index in [-0.39, 0.29) is 5.91 Å². The second-order valence-electron chi connectivity index (χ2n) is 3.76. The van der Waals surface area contributed by atoms with Crippen molar-refractivity contribution in [3.8, 4) is 5.75 Å². The Labute approximate surface area is 117 Å². The number of ether oxygens (including phenoxy) is 1. The molecule has 1 aromatic rings. The second kappa shape index (κ2) is 7.29. The van der Waals surface area contributed by atoms with Crippen LogP contribution >= 0.6 is 23.2 Å². The highest BCUT2D eigenvalue weighted by Crippen LogP contribution is 2.25. The highest BCUT2D eigenvalue weighted by molar-refractivity contribution is 6.32. The molecule has 0 bridgehead atoms. The van der Waals surface area contributed by atoms with Gasteiger partial charge in [0.1, 0.15) is 5.75 Å². The van der Waals surface area contributed by atoms with Crippen molar-refractivity contribution < 1.29 is 9.53 Å². The molecule has 1 aromatic carbocycles. The fourth-order valence-electron chi connectivity index (χ4n) is 1.41. The van der Waals surface area contributed by atoms with E-state index in [4.69, 9.17) is 27.9 Å². The molecule has 3 nitrogen and oxygen atoms in total. The van der Waals surface area contributed by atoms with Crippen LogP contribution in [0.3, 0.4) is 0 Å². The van der Waals surface area contributed by atoms with E-state index in [1.54, 1.807) is 19.2 Å². The molecule has 0 atom stereocenters. The molecule has 0 unspecified atom stereocenters. The van der Waals surface area contributed by atoms with Crippen LogP contribution in [-0.4, -0.2) is 19.6 Å². The van der Waals surface area contributed by atoms with E-state index in [0.717, 1.165) is 5.56 Å². The summed E-state index contributed by atoms with van der Waals surface area (Å²) in [6.07, 6.45) is 0.997. The number of hydrogen-bond donors (Lipinski definition) is 1. The first-order valence-electron chi connectivity index (χ1n) is 5.45. The third kappa shape index (κ3) is 4.98. The maximum atomic E-state index is 11.5. The van der Waals surface area contributed by atoms with E-state index in [9.17, 15) is 4.79 Å². The van der Waals surface area contributed by atoms with Crippen LogP contribution in [0.5, 0.6) is 5.75 Å². The summed E-state index contributed by atoms with van der Waals surface area (Å²) in [5, 5.41) is 3.62. The lowest BCUT2D eigenvalue weighted by atomic mass is 10.1. The van der Waals surface area contributed by atoms with E-state index >= 15 is 0 Å². The number of amides is 1. The van der Waals surface area contributed by atoms with Crippen LogP contribution in [0.15, 0.2) is 29.8 Å². The molecule has 1 N–H and O–H groups in total. The average molecular weight is 288 g/mol. The molecule has 0 saturated carbocycles. The third-order valence-electron chi connectivity index (χ3n) is 2.33. The van der Waals surface area contributed by atoms with Crippen LogP contribution in [0.2, 0.25) is 5.02 Å². The summed E-state index contributed by atoms with van der Waals surface area (Å²) in [6.45, 7) is 3.79. The van der Waals surface area contributed by atoms with Gasteiger partial charge in [0.25, 0.3) is 0 Å². The Bertz CT molecular complexity index is 447. The Kier molecular flexibility index (Phi) is 6.02. The first-order valence-corrected chi connectivity index (χ1v) is 6.21. The molecule has 0 aliphatic rings. The van der Waals surface area contributed by atoms with Gasteiger partial charge in [0.05, 0.1) is 18.7 Å². The minimum absolute atomic E-state index is 0.0660. The van der Waals surface area contributed by atoms with Gasteiger partial charge < -0.3 is 10.1 Å². The van der Waals surface area contributed by atoms with Gasteiger partial charge >= 0.3 is 0 Å². The Morgan fingerprint density at radius 2 is 2.22 bits per heavy atom. The smallest absolute Gasteiger partial charge is 0.220 e. The third-order valence-corrected chi connectivity index (χ3v) is 2.76. The van der Waals surface area contributed by atoms with Crippen LogP contribution in [0.4, 0.5) is 0 Å². The van der Waals surface area contributed by atoms with Gasteiger partial charge in [-0.3, -0.25) is 4.79 Å². The summed E-state index contributed by atoms with van der Waals surface area (Å²) < 4.78 is 5.05. The molecule has 0 saturated heterocycles. The minimum Gasteiger partial charge on any atom is -0.495 e. The Balaban J connectivity index is 2.46. The molecule has 0 spiro atoms. The summed E-state index contributed by atoms with van der Waals surface area (Å²) >= 11 is 11.5. The summed E-state index contributed by atoms with van der Waals surface area (Å²) in [5.74, 6) is 0.562. The van der Waals surface area contributed by atoms with E-state index in [2.05, 4.69) is 11.9 Å². The summed E-state index contributed by atoms with van der Waals surface area (Å²) in [6, 6.07) is 5.48. The molecule has 0 aromatic heterocycles. The number of hydrogen-bond acceptors (Lipinski definition) is 2.